The van der Waals surface area contributed by atoms with Crippen molar-refractivity contribution >= 4 is 17.5 Å². The van der Waals surface area contributed by atoms with Gasteiger partial charge in [-0.15, -0.1) is 0 Å². The van der Waals surface area contributed by atoms with Gasteiger partial charge in [-0.05, 0) is 24.3 Å². The number of hydrogen-bond acceptors (Lipinski definition) is 2. The molecule has 0 spiro atoms. The SMILES string of the molecule is O=C(NCC#CCOc1ccccc1F)c1c(F)cccc1Cl. The number of para-hydroxylation sites is 1. The first-order valence-corrected chi connectivity index (χ1v) is 7.02. The summed E-state index contributed by atoms with van der Waals surface area (Å²) in [5, 5.41) is 2.45. The van der Waals surface area contributed by atoms with Crippen LogP contribution in [0.3, 0.4) is 0 Å². The van der Waals surface area contributed by atoms with Crippen molar-refractivity contribution in [3.05, 3.63) is 64.7 Å². The standard InChI is InChI=1S/C17H12ClF2NO2/c18-12-6-5-8-14(20)16(12)17(22)21-10-3-4-11-23-15-9-2-1-7-13(15)19/h1-2,5-9H,10-11H2,(H,21,22). The fourth-order valence-corrected chi connectivity index (χ4v) is 1.97. The van der Waals surface area contributed by atoms with Gasteiger partial charge in [0.25, 0.3) is 5.91 Å². The number of rotatable bonds is 4. The summed E-state index contributed by atoms with van der Waals surface area (Å²) in [6.45, 7) is -0.0403. The highest BCUT2D eigenvalue weighted by Gasteiger charge is 2.14. The largest absolute Gasteiger partial charge is 0.478 e. The summed E-state index contributed by atoms with van der Waals surface area (Å²) >= 11 is 5.78. The monoisotopic (exact) mass is 335 g/mol. The average Bonchev–Trinajstić information content (AvgIpc) is 2.52. The van der Waals surface area contributed by atoms with E-state index in [1.165, 1.54) is 24.3 Å². The Balaban J connectivity index is 1.82. The Morgan fingerprint density at radius 3 is 2.57 bits per heavy atom. The van der Waals surface area contributed by atoms with Gasteiger partial charge in [-0.3, -0.25) is 4.79 Å². The number of carbonyl (C=O) groups is 1. The Kier molecular flexibility index (Phi) is 5.95. The van der Waals surface area contributed by atoms with Crippen LogP contribution in [0.2, 0.25) is 5.02 Å². The Hall–Kier alpha value is -2.58. The van der Waals surface area contributed by atoms with Gasteiger partial charge in [0.2, 0.25) is 0 Å². The van der Waals surface area contributed by atoms with E-state index in [0.717, 1.165) is 6.07 Å². The number of ether oxygens (including phenoxy) is 1. The molecule has 0 saturated carbocycles. The molecule has 0 unspecified atom stereocenters. The highest BCUT2D eigenvalue weighted by atomic mass is 35.5. The van der Waals surface area contributed by atoms with Gasteiger partial charge in [-0.25, -0.2) is 8.78 Å². The van der Waals surface area contributed by atoms with Crippen LogP contribution in [0.4, 0.5) is 8.78 Å². The second-order valence-electron chi connectivity index (χ2n) is 4.35. The molecule has 0 heterocycles. The van der Waals surface area contributed by atoms with Crippen molar-refractivity contribution < 1.29 is 18.3 Å². The summed E-state index contributed by atoms with van der Waals surface area (Å²) in [6, 6.07) is 9.94. The van der Waals surface area contributed by atoms with Crippen LogP contribution in [0.25, 0.3) is 0 Å². The number of amides is 1. The summed E-state index contributed by atoms with van der Waals surface area (Å²) in [4.78, 5) is 11.8. The zero-order valence-electron chi connectivity index (χ0n) is 11.9. The van der Waals surface area contributed by atoms with Crippen molar-refractivity contribution in [1.82, 2.24) is 5.32 Å². The summed E-state index contributed by atoms with van der Waals surface area (Å²) < 4.78 is 31.9. The van der Waals surface area contributed by atoms with E-state index >= 15 is 0 Å². The molecule has 0 fully saturated rings. The predicted molar refractivity (Wildman–Crippen MR) is 83.4 cm³/mol. The number of benzene rings is 2. The number of halogens is 3. The topological polar surface area (TPSA) is 38.3 Å². The maximum atomic E-state index is 13.5. The molecule has 3 nitrogen and oxygen atoms in total. The molecule has 1 N–H and O–H groups in total. The zero-order valence-corrected chi connectivity index (χ0v) is 12.7. The second kappa shape index (κ2) is 8.16. The highest BCUT2D eigenvalue weighted by molar-refractivity contribution is 6.33. The molecule has 0 aromatic heterocycles. The molecule has 6 heteroatoms. The molecule has 0 aliphatic heterocycles. The molecule has 0 aliphatic carbocycles. The molecule has 0 radical (unpaired) electrons. The summed E-state index contributed by atoms with van der Waals surface area (Å²) in [5.41, 5.74) is -0.224. The fraction of sp³-hybridized carbons (Fsp3) is 0.118. The molecule has 0 bridgehead atoms. The third-order valence-corrected chi connectivity index (χ3v) is 3.10. The molecule has 23 heavy (non-hydrogen) atoms. The average molecular weight is 336 g/mol. The fourth-order valence-electron chi connectivity index (χ4n) is 1.72. The van der Waals surface area contributed by atoms with E-state index in [1.807, 2.05) is 0 Å². The normalized spacial score (nSPS) is 9.70. The van der Waals surface area contributed by atoms with Crippen LogP contribution in [0.1, 0.15) is 10.4 Å². The van der Waals surface area contributed by atoms with Crippen LogP contribution in [0, 0.1) is 23.5 Å². The van der Waals surface area contributed by atoms with Crippen molar-refractivity contribution in [3.8, 4) is 17.6 Å². The van der Waals surface area contributed by atoms with E-state index in [9.17, 15) is 13.6 Å². The molecule has 0 aliphatic rings. The quantitative estimate of drug-likeness (QED) is 0.869. The van der Waals surface area contributed by atoms with Gasteiger partial charge in [0.05, 0.1) is 17.1 Å². The van der Waals surface area contributed by atoms with Gasteiger partial charge in [0.1, 0.15) is 12.4 Å². The minimum absolute atomic E-state index is 0.00979. The lowest BCUT2D eigenvalue weighted by atomic mass is 10.2. The first kappa shape index (κ1) is 16.8. The third kappa shape index (κ3) is 4.70. The smallest absolute Gasteiger partial charge is 0.256 e. The Labute approximate surface area is 137 Å². The lowest BCUT2D eigenvalue weighted by Crippen LogP contribution is -2.25. The number of nitrogens with one attached hydrogen (secondary N) is 1. The summed E-state index contributed by atoms with van der Waals surface area (Å²) in [5.74, 6) is 3.50. The molecular formula is C17H12ClF2NO2. The molecular weight excluding hydrogens is 324 g/mol. The van der Waals surface area contributed by atoms with E-state index in [1.54, 1.807) is 12.1 Å². The van der Waals surface area contributed by atoms with Crippen molar-refractivity contribution in [3.63, 3.8) is 0 Å². The molecule has 0 saturated heterocycles. The Bertz CT molecular complexity index is 748. The van der Waals surface area contributed by atoms with Gasteiger partial charge < -0.3 is 10.1 Å². The minimum Gasteiger partial charge on any atom is -0.478 e. The third-order valence-electron chi connectivity index (χ3n) is 2.79. The van der Waals surface area contributed by atoms with Gasteiger partial charge in [-0.1, -0.05) is 41.6 Å². The zero-order chi connectivity index (χ0) is 16.7. The molecule has 2 rings (SSSR count). The lowest BCUT2D eigenvalue weighted by Gasteiger charge is -2.05. The highest BCUT2D eigenvalue weighted by Crippen LogP contribution is 2.18. The Morgan fingerprint density at radius 1 is 1.09 bits per heavy atom. The molecule has 2 aromatic rings. The first-order valence-electron chi connectivity index (χ1n) is 6.65. The maximum absolute atomic E-state index is 13.5. The van der Waals surface area contributed by atoms with Crippen LogP contribution < -0.4 is 10.1 Å². The number of hydrogen-bond donors (Lipinski definition) is 1. The van der Waals surface area contributed by atoms with Crippen molar-refractivity contribution in [1.29, 1.82) is 0 Å². The molecule has 2 aromatic carbocycles. The maximum Gasteiger partial charge on any atom is 0.256 e. The summed E-state index contributed by atoms with van der Waals surface area (Å²) in [7, 11) is 0. The van der Waals surface area contributed by atoms with Crippen LogP contribution in [0.5, 0.6) is 5.75 Å². The summed E-state index contributed by atoms with van der Waals surface area (Å²) in [6.07, 6.45) is 0. The molecule has 1 amide bonds. The van der Waals surface area contributed by atoms with E-state index in [0.29, 0.717) is 0 Å². The van der Waals surface area contributed by atoms with Crippen LogP contribution in [-0.4, -0.2) is 19.1 Å². The minimum atomic E-state index is -0.703. The van der Waals surface area contributed by atoms with Crippen LogP contribution in [-0.2, 0) is 0 Å². The van der Waals surface area contributed by atoms with E-state index in [-0.39, 0.29) is 29.5 Å². The van der Waals surface area contributed by atoms with Crippen molar-refractivity contribution in [2.24, 2.45) is 0 Å². The van der Waals surface area contributed by atoms with E-state index in [2.05, 4.69) is 17.2 Å². The molecule has 118 valence electrons. The molecule has 0 atom stereocenters. The first-order chi connectivity index (χ1) is 11.1. The van der Waals surface area contributed by atoms with Crippen molar-refractivity contribution in [2.45, 2.75) is 0 Å². The second-order valence-corrected chi connectivity index (χ2v) is 4.76. The lowest BCUT2D eigenvalue weighted by molar-refractivity contribution is 0.0955. The van der Waals surface area contributed by atoms with Gasteiger partial charge in [-0.2, -0.15) is 0 Å². The van der Waals surface area contributed by atoms with Crippen molar-refractivity contribution in [2.75, 3.05) is 13.2 Å². The van der Waals surface area contributed by atoms with E-state index < -0.39 is 17.5 Å². The van der Waals surface area contributed by atoms with Gasteiger partial charge in [0, 0.05) is 0 Å². The van der Waals surface area contributed by atoms with Gasteiger partial charge >= 0.3 is 0 Å². The van der Waals surface area contributed by atoms with Crippen LogP contribution in [0.15, 0.2) is 42.5 Å². The van der Waals surface area contributed by atoms with Crippen LogP contribution >= 0.6 is 11.6 Å². The van der Waals surface area contributed by atoms with Gasteiger partial charge in [0.15, 0.2) is 11.6 Å². The predicted octanol–water partition coefficient (Wildman–Crippen LogP) is 3.43. The number of carbonyl (C=O) groups excluding carboxylic acids is 1. The Morgan fingerprint density at radius 2 is 1.83 bits per heavy atom. The van der Waals surface area contributed by atoms with E-state index in [4.69, 9.17) is 16.3 Å².